The van der Waals surface area contributed by atoms with Crippen molar-refractivity contribution in [3.8, 4) is 0 Å². The lowest BCUT2D eigenvalue weighted by Crippen LogP contribution is -2.53. The minimum atomic E-state index is -3.61. The Bertz CT molecular complexity index is 984. The molecular weight excluding hydrogens is 438 g/mol. The van der Waals surface area contributed by atoms with Crippen LogP contribution in [0.3, 0.4) is 0 Å². The van der Waals surface area contributed by atoms with E-state index in [1.807, 2.05) is 12.1 Å². The predicted octanol–water partition coefficient (Wildman–Crippen LogP) is 1.70. The number of nitrogens with zero attached hydrogens (tertiary/aromatic N) is 3. The highest BCUT2D eigenvalue weighted by Gasteiger charge is 2.35. The normalized spacial score (nSPS) is 22.9. The van der Waals surface area contributed by atoms with Crippen LogP contribution in [0, 0.1) is 5.92 Å². The van der Waals surface area contributed by atoms with Crippen LogP contribution in [0.4, 0.5) is 0 Å². The van der Waals surface area contributed by atoms with E-state index in [0.29, 0.717) is 38.4 Å². The molecule has 0 bridgehead atoms. The summed E-state index contributed by atoms with van der Waals surface area (Å²) in [6.07, 6.45) is 3.47. The van der Waals surface area contributed by atoms with Gasteiger partial charge in [-0.15, -0.1) is 0 Å². The molecule has 2 aliphatic heterocycles. The SMILES string of the molecule is CCC(C)c1ccc(S(=O)(=O)N2CCN(C(=O)C3CCCN(S(C)(=O)=O)C3)CC2)cc1. The second-order valence-corrected chi connectivity index (χ2v) is 12.5. The lowest BCUT2D eigenvalue weighted by atomic mass is 9.98. The Kier molecular flexibility index (Phi) is 7.45. The Balaban J connectivity index is 1.61. The van der Waals surface area contributed by atoms with Crippen molar-refractivity contribution in [2.75, 3.05) is 45.5 Å². The molecule has 8 nitrogen and oxygen atoms in total. The zero-order valence-corrected chi connectivity index (χ0v) is 20.2. The third kappa shape index (κ3) is 5.47. The molecule has 174 valence electrons. The van der Waals surface area contributed by atoms with Crippen LogP contribution < -0.4 is 0 Å². The summed E-state index contributed by atoms with van der Waals surface area (Å²) in [5, 5.41) is 0. The molecule has 2 fully saturated rings. The molecule has 0 aliphatic carbocycles. The maximum atomic E-state index is 13.0. The third-order valence-electron chi connectivity index (χ3n) is 6.45. The van der Waals surface area contributed by atoms with Crippen molar-refractivity contribution in [2.45, 2.75) is 43.9 Å². The van der Waals surface area contributed by atoms with E-state index in [1.54, 1.807) is 17.0 Å². The van der Waals surface area contributed by atoms with Gasteiger partial charge in [-0.3, -0.25) is 4.79 Å². The van der Waals surface area contributed by atoms with Crippen molar-refractivity contribution in [3.05, 3.63) is 29.8 Å². The molecule has 0 radical (unpaired) electrons. The van der Waals surface area contributed by atoms with Crippen LogP contribution in [0.1, 0.15) is 44.6 Å². The Labute approximate surface area is 186 Å². The van der Waals surface area contributed by atoms with E-state index in [1.165, 1.54) is 14.9 Å². The van der Waals surface area contributed by atoms with E-state index in [0.717, 1.165) is 12.0 Å². The summed E-state index contributed by atoms with van der Waals surface area (Å²) in [6, 6.07) is 7.07. The Morgan fingerprint density at radius 1 is 1.00 bits per heavy atom. The maximum Gasteiger partial charge on any atom is 0.243 e. The average molecular weight is 472 g/mol. The molecular formula is C21H33N3O5S2. The second kappa shape index (κ2) is 9.56. The minimum Gasteiger partial charge on any atom is -0.340 e. The molecule has 0 spiro atoms. The number of benzene rings is 1. The van der Waals surface area contributed by atoms with Crippen molar-refractivity contribution in [2.24, 2.45) is 5.92 Å². The molecule has 0 N–H and O–H groups in total. The molecule has 3 rings (SSSR count). The first-order valence-electron chi connectivity index (χ1n) is 10.9. The number of rotatable bonds is 6. The van der Waals surface area contributed by atoms with Crippen LogP contribution in [0.25, 0.3) is 0 Å². The van der Waals surface area contributed by atoms with Gasteiger partial charge >= 0.3 is 0 Å². The van der Waals surface area contributed by atoms with Gasteiger partial charge in [0.2, 0.25) is 26.0 Å². The molecule has 31 heavy (non-hydrogen) atoms. The van der Waals surface area contributed by atoms with Crippen LogP contribution in [0.15, 0.2) is 29.2 Å². The Morgan fingerprint density at radius 3 is 2.16 bits per heavy atom. The average Bonchev–Trinajstić information content (AvgIpc) is 2.77. The van der Waals surface area contributed by atoms with Crippen LogP contribution >= 0.6 is 0 Å². The standard InChI is InChI=1S/C21H33N3O5S2/c1-4-17(2)18-7-9-20(10-8-18)31(28,29)23-14-12-22(13-15-23)21(25)19-6-5-11-24(16-19)30(3,26)27/h7-10,17,19H,4-6,11-16H2,1-3H3. The zero-order valence-electron chi connectivity index (χ0n) is 18.5. The first-order chi connectivity index (χ1) is 14.5. The molecule has 0 saturated carbocycles. The zero-order chi connectivity index (χ0) is 22.8. The van der Waals surface area contributed by atoms with E-state index in [9.17, 15) is 21.6 Å². The summed E-state index contributed by atoms with van der Waals surface area (Å²) >= 11 is 0. The molecule has 2 saturated heterocycles. The molecule has 2 aliphatic rings. The molecule has 1 amide bonds. The lowest BCUT2D eigenvalue weighted by Gasteiger charge is -2.38. The fourth-order valence-corrected chi connectivity index (χ4v) is 6.54. The summed E-state index contributed by atoms with van der Waals surface area (Å²) in [7, 11) is -6.92. The quantitative estimate of drug-likeness (QED) is 0.629. The van der Waals surface area contributed by atoms with Gasteiger partial charge in [0.15, 0.2) is 0 Å². The first kappa shape index (κ1) is 24.2. The number of amides is 1. The van der Waals surface area contributed by atoms with Crippen LogP contribution in [0.2, 0.25) is 0 Å². The van der Waals surface area contributed by atoms with Crippen LogP contribution in [0.5, 0.6) is 0 Å². The van der Waals surface area contributed by atoms with Gasteiger partial charge in [-0.2, -0.15) is 4.31 Å². The van der Waals surface area contributed by atoms with E-state index in [-0.39, 0.29) is 36.4 Å². The topological polar surface area (TPSA) is 95.1 Å². The van der Waals surface area contributed by atoms with E-state index >= 15 is 0 Å². The van der Waals surface area contributed by atoms with E-state index in [2.05, 4.69) is 13.8 Å². The molecule has 2 heterocycles. The van der Waals surface area contributed by atoms with Gasteiger partial charge in [-0.05, 0) is 42.9 Å². The number of carbonyl (C=O) groups is 1. The summed E-state index contributed by atoms with van der Waals surface area (Å²) in [6.45, 7) is 5.98. The minimum absolute atomic E-state index is 0.0803. The first-order valence-corrected chi connectivity index (χ1v) is 14.2. The van der Waals surface area contributed by atoms with Gasteiger partial charge in [0.1, 0.15) is 0 Å². The van der Waals surface area contributed by atoms with Gasteiger partial charge < -0.3 is 4.90 Å². The van der Waals surface area contributed by atoms with Crippen LogP contribution in [-0.4, -0.2) is 81.8 Å². The summed E-state index contributed by atoms with van der Waals surface area (Å²) in [5.74, 6) is -0.0623. The molecule has 1 aromatic rings. The van der Waals surface area contributed by atoms with Crippen molar-refractivity contribution in [3.63, 3.8) is 0 Å². The number of hydrogen-bond acceptors (Lipinski definition) is 5. The summed E-state index contributed by atoms with van der Waals surface area (Å²) in [5.41, 5.74) is 1.12. The highest BCUT2D eigenvalue weighted by atomic mass is 32.2. The van der Waals surface area contributed by atoms with Gasteiger partial charge in [-0.1, -0.05) is 26.0 Å². The summed E-state index contributed by atoms with van der Waals surface area (Å²) < 4.78 is 52.5. The Hall–Kier alpha value is -1.49. The monoisotopic (exact) mass is 471 g/mol. The molecule has 2 unspecified atom stereocenters. The molecule has 0 aromatic heterocycles. The third-order valence-corrected chi connectivity index (χ3v) is 9.63. The highest BCUT2D eigenvalue weighted by Crippen LogP contribution is 2.25. The number of piperazine rings is 1. The smallest absolute Gasteiger partial charge is 0.243 e. The second-order valence-electron chi connectivity index (χ2n) is 8.57. The fourth-order valence-electron chi connectivity index (χ4n) is 4.21. The van der Waals surface area contributed by atoms with E-state index < -0.39 is 20.0 Å². The van der Waals surface area contributed by atoms with Crippen molar-refractivity contribution < 1.29 is 21.6 Å². The number of carbonyl (C=O) groups excluding carboxylic acids is 1. The van der Waals surface area contributed by atoms with Gasteiger partial charge in [0, 0.05) is 39.3 Å². The lowest BCUT2D eigenvalue weighted by molar-refractivity contribution is -0.137. The maximum absolute atomic E-state index is 13.0. The fraction of sp³-hybridized carbons (Fsp3) is 0.667. The Morgan fingerprint density at radius 2 is 1.61 bits per heavy atom. The highest BCUT2D eigenvalue weighted by molar-refractivity contribution is 7.89. The summed E-state index contributed by atoms with van der Waals surface area (Å²) in [4.78, 5) is 14.9. The molecule has 2 atom stereocenters. The molecule has 1 aromatic carbocycles. The number of hydrogen-bond donors (Lipinski definition) is 0. The largest absolute Gasteiger partial charge is 0.340 e. The van der Waals surface area contributed by atoms with E-state index in [4.69, 9.17) is 0 Å². The predicted molar refractivity (Wildman–Crippen MR) is 120 cm³/mol. The van der Waals surface area contributed by atoms with Crippen molar-refractivity contribution >= 4 is 26.0 Å². The molecule has 10 heteroatoms. The van der Waals surface area contributed by atoms with Crippen molar-refractivity contribution in [1.82, 2.24) is 13.5 Å². The van der Waals surface area contributed by atoms with Crippen molar-refractivity contribution in [1.29, 1.82) is 0 Å². The van der Waals surface area contributed by atoms with Gasteiger partial charge in [-0.25, -0.2) is 21.1 Å². The van der Waals surface area contributed by atoms with Crippen LogP contribution in [-0.2, 0) is 24.8 Å². The van der Waals surface area contributed by atoms with Gasteiger partial charge in [0.25, 0.3) is 0 Å². The number of piperidine rings is 1. The number of sulfonamides is 2. The van der Waals surface area contributed by atoms with Gasteiger partial charge in [0.05, 0.1) is 17.1 Å².